The van der Waals surface area contributed by atoms with Crippen LogP contribution in [0.2, 0.25) is 0 Å². The Balaban J connectivity index is 1.61. The topological polar surface area (TPSA) is 29.5 Å². The molecule has 2 bridgehead atoms. The minimum absolute atomic E-state index is 0.0805. The highest BCUT2D eigenvalue weighted by atomic mass is 19.4. The Bertz CT molecular complexity index is 585. The fraction of sp³-hybridized carbons (Fsp3) is 0.611. The molecular weight excluding hydrogens is 319 g/mol. The van der Waals surface area contributed by atoms with E-state index < -0.39 is 17.7 Å². The van der Waals surface area contributed by atoms with E-state index in [1.54, 1.807) is 6.92 Å². The van der Waals surface area contributed by atoms with Gasteiger partial charge in [0.2, 0.25) is 0 Å². The molecule has 0 aromatic heterocycles. The lowest BCUT2D eigenvalue weighted by Crippen LogP contribution is -2.43. The van der Waals surface area contributed by atoms with Gasteiger partial charge in [-0.25, -0.2) is 0 Å². The first-order valence-electron chi connectivity index (χ1n) is 8.35. The first-order valence-corrected chi connectivity index (χ1v) is 8.35. The summed E-state index contributed by atoms with van der Waals surface area (Å²) in [6, 6.07) is 5.68. The number of hydrogen-bond donors (Lipinski definition) is 0. The molecule has 132 valence electrons. The van der Waals surface area contributed by atoms with Crippen molar-refractivity contribution >= 4 is 5.97 Å². The quantitative estimate of drug-likeness (QED) is 0.779. The molecule has 0 radical (unpaired) electrons. The van der Waals surface area contributed by atoms with Gasteiger partial charge in [-0.2, -0.15) is 13.2 Å². The van der Waals surface area contributed by atoms with E-state index in [-0.39, 0.29) is 12.1 Å². The van der Waals surface area contributed by atoms with Gasteiger partial charge in [-0.1, -0.05) is 12.1 Å². The van der Waals surface area contributed by atoms with Crippen LogP contribution < -0.4 is 0 Å². The average molecular weight is 341 g/mol. The van der Waals surface area contributed by atoms with E-state index in [1.807, 2.05) is 0 Å². The molecule has 2 aliphatic heterocycles. The van der Waals surface area contributed by atoms with Crippen molar-refractivity contribution in [3.8, 4) is 0 Å². The number of esters is 1. The summed E-state index contributed by atoms with van der Waals surface area (Å²) in [6.07, 6.45) is -0.469. The minimum atomic E-state index is -4.37. The normalized spacial score (nSPS) is 28.6. The number of nitrogens with zero attached hydrogens (tertiary/aromatic N) is 1. The van der Waals surface area contributed by atoms with Crippen molar-refractivity contribution in [3.63, 3.8) is 0 Å². The second kappa shape index (κ2) is 6.39. The molecule has 4 atom stereocenters. The maximum absolute atomic E-state index is 12.6. The van der Waals surface area contributed by atoms with E-state index >= 15 is 0 Å². The van der Waals surface area contributed by atoms with Gasteiger partial charge < -0.3 is 9.64 Å². The van der Waals surface area contributed by atoms with Gasteiger partial charge in [0.15, 0.2) is 0 Å². The van der Waals surface area contributed by atoms with Gasteiger partial charge in [-0.05, 0) is 57.4 Å². The molecule has 6 heteroatoms. The molecular formula is C18H22F3NO2. The van der Waals surface area contributed by atoms with E-state index in [9.17, 15) is 18.0 Å². The third kappa shape index (κ3) is 3.43. The second-order valence-electron chi connectivity index (χ2n) is 6.92. The molecule has 3 nitrogen and oxygen atoms in total. The highest BCUT2D eigenvalue weighted by Crippen LogP contribution is 2.36. The van der Waals surface area contributed by atoms with Crippen LogP contribution in [0.5, 0.6) is 0 Å². The van der Waals surface area contributed by atoms with E-state index in [1.165, 1.54) is 12.1 Å². The third-order valence-corrected chi connectivity index (χ3v) is 5.43. The number of carbonyl (C=O) groups is 1. The first-order chi connectivity index (χ1) is 11.3. The Labute approximate surface area is 139 Å². The Hall–Kier alpha value is -1.56. The van der Waals surface area contributed by atoms with E-state index in [4.69, 9.17) is 4.74 Å². The van der Waals surface area contributed by atoms with Gasteiger partial charge in [-0.15, -0.1) is 0 Å². The molecule has 2 saturated heterocycles. The number of benzene rings is 1. The summed E-state index contributed by atoms with van der Waals surface area (Å²) in [7, 11) is 2.12. The fourth-order valence-corrected chi connectivity index (χ4v) is 3.82. The van der Waals surface area contributed by atoms with Crippen molar-refractivity contribution in [2.45, 2.75) is 62.9 Å². The number of alkyl halides is 3. The first kappa shape index (κ1) is 17.3. The predicted octanol–water partition coefficient (Wildman–Crippen LogP) is 3.98. The maximum atomic E-state index is 12.6. The summed E-state index contributed by atoms with van der Waals surface area (Å²) in [5, 5.41) is 0. The number of ether oxygens (including phenoxy) is 1. The van der Waals surface area contributed by atoms with Crippen LogP contribution in [-0.2, 0) is 15.7 Å². The van der Waals surface area contributed by atoms with Crippen LogP contribution in [-0.4, -0.2) is 36.1 Å². The van der Waals surface area contributed by atoms with Crippen LogP contribution in [0.1, 0.15) is 49.7 Å². The lowest BCUT2D eigenvalue weighted by atomic mass is 9.98. The molecule has 3 rings (SSSR count). The molecule has 2 heterocycles. The van der Waals surface area contributed by atoms with Crippen LogP contribution in [0, 0.1) is 0 Å². The molecule has 0 N–H and O–H groups in total. The predicted molar refractivity (Wildman–Crippen MR) is 83.5 cm³/mol. The maximum Gasteiger partial charge on any atom is 0.416 e. The molecule has 2 fully saturated rings. The van der Waals surface area contributed by atoms with Gasteiger partial charge >= 0.3 is 12.1 Å². The van der Waals surface area contributed by atoms with Crippen molar-refractivity contribution in [2.24, 2.45) is 0 Å². The number of carbonyl (C=O) groups excluding carboxylic acids is 1. The van der Waals surface area contributed by atoms with Crippen molar-refractivity contribution in [1.29, 1.82) is 0 Å². The molecule has 1 aromatic rings. The summed E-state index contributed by atoms with van der Waals surface area (Å²) >= 11 is 0. The standard InChI is InChI=1S/C18H22F3NO2/c1-11(12-3-5-13(6-4-12)18(19,20)21)17(23)24-16-9-14-7-8-15(10-16)22(14)2/h3-6,11,14-16H,7-10H2,1-2H3/t11?,14-,15+,16?. The van der Waals surface area contributed by atoms with E-state index in [0.29, 0.717) is 17.6 Å². The minimum Gasteiger partial charge on any atom is -0.462 e. The van der Waals surface area contributed by atoms with Gasteiger partial charge in [0.05, 0.1) is 11.5 Å². The zero-order valence-corrected chi connectivity index (χ0v) is 13.8. The molecule has 0 aliphatic carbocycles. The Morgan fingerprint density at radius 1 is 1.17 bits per heavy atom. The molecule has 0 amide bonds. The summed E-state index contributed by atoms with van der Waals surface area (Å²) in [4.78, 5) is 14.7. The van der Waals surface area contributed by atoms with E-state index in [0.717, 1.165) is 37.8 Å². The zero-order chi connectivity index (χ0) is 17.5. The fourth-order valence-electron chi connectivity index (χ4n) is 3.82. The number of fused-ring (bicyclic) bond motifs is 2. The molecule has 2 aliphatic rings. The van der Waals surface area contributed by atoms with Crippen molar-refractivity contribution in [1.82, 2.24) is 4.90 Å². The Kier molecular flexibility index (Phi) is 4.60. The van der Waals surface area contributed by atoms with Crippen molar-refractivity contribution < 1.29 is 22.7 Å². The SMILES string of the molecule is CC(C(=O)OC1C[C@H]2CC[C@@H](C1)N2C)c1ccc(C(F)(F)F)cc1. The van der Waals surface area contributed by atoms with Gasteiger partial charge in [-0.3, -0.25) is 4.79 Å². The van der Waals surface area contributed by atoms with Crippen LogP contribution in [0.4, 0.5) is 13.2 Å². The highest BCUT2D eigenvalue weighted by Gasteiger charge is 2.40. The van der Waals surface area contributed by atoms with Gasteiger partial charge in [0.1, 0.15) is 6.10 Å². The summed E-state index contributed by atoms with van der Waals surface area (Å²) in [5.41, 5.74) is -0.164. The highest BCUT2D eigenvalue weighted by molar-refractivity contribution is 5.77. The molecule has 1 aromatic carbocycles. The molecule has 2 unspecified atom stereocenters. The lowest BCUT2D eigenvalue weighted by molar-refractivity contribution is -0.153. The van der Waals surface area contributed by atoms with Crippen LogP contribution in [0.3, 0.4) is 0 Å². The van der Waals surface area contributed by atoms with E-state index in [2.05, 4.69) is 11.9 Å². The lowest BCUT2D eigenvalue weighted by Gasteiger charge is -2.36. The largest absolute Gasteiger partial charge is 0.462 e. The van der Waals surface area contributed by atoms with Gasteiger partial charge in [0.25, 0.3) is 0 Å². The Morgan fingerprint density at radius 3 is 2.21 bits per heavy atom. The van der Waals surface area contributed by atoms with Crippen LogP contribution in [0.15, 0.2) is 24.3 Å². The van der Waals surface area contributed by atoms with Crippen LogP contribution in [0.25, 0.3) is 0 Å². The summed E-state index contributed by atoms with van der Waals surface area (Å²) < 4.78 is 43.5. The second-order valence-corrected chi connectivity index (χ2v) is 6.92. The smallest absolute Gasteiger partial charge is 0.416 e. The van der Waals surface area contributed by atoms with Crippen LogP contribution >= 0.6 is 0 Å². The van der Waals surface area contributed by atoms with Gasteiger partial charge in [0, 0.05) is 12.1 Å². The molecule has 0 saturated carbocycles. The molecule has 0 spiro atoms. The zero-order valence-electron chi connectivity index (χ0n) is 13.8. The number of halogens is 3. The Morgan fingerprint density at radius 2 is 1.71 bits per heavy atom. The number of hydrogen-bond acceptors (Lipinski definition) is 3. The number of piperidine rings is 1. The average Bonchev–Trinajstić information content (AvgIpc) is 2.74. The van der Waals surface area contributed by atoms with Crippen molar-refractivity contribution in [3.05, 3.63) is 35.4 Å². The molecule has 24 heavy (non-hydrogen) atoms. The monoisotopic (exact) mass is 341 g/mol. The van der Waals surface area contributed by atoms with Crippen molar-refractivity contribution in [2.75, 3.05) is 7.05 Å². The number of rotatable bonds is 3. The summed E-state index contributed by atoms with van der Waals surface area (Å²) in [6.45, 7) is 1.68. The third-order valence-electron chi connectivity index (χ3n) is 5.43. The summed E-state index contributed by atoms with van der Waals surface area (Å²) in [5.74, 6) is -0.923.